The second-order valence-electron chi connectivity index (χ2n) is 4.35. The van der Waals surface area contributed by atoms with Crippen molar-refractivity contribution < 1.29 is 13.2 Å². The topological polar surface area (TPSA) is 38.0 Å². The summed E-state index contributed by atoms with van der Waals surface area (Å²) in [6.45, 7) is 0. The Labute approximate surface area is 119 Å². The van der Waals surface area contributed by atoms with Crippen molar-refractivity contribution in [1.29, 1.82) is 0 Å². The summed E-state index contributed by atoms with van der Waals surface area (Å²) in [4.78, 5) is 0. The molecule has 0 saturated heterocycles. The standard InChI is InChI=1S/C14H12ClF3N2/c15-10-7-9(2-4-11(10)16)14(20-19)6-8-1-3-12(17)13(18)5-8/h1-5,7,14,20H,6,19H2. The average Bonchev–Trinajstić information content (AvgIpc) is 2.43. The van der Waals surface area contributed by atoms with E-state index in [-0.39, 0.29) is 5.02 Å². The fraction of sp³-hybridized carbons (Fsp3) is 0.143. The van der Waals surface area contributed by atoms with Gasteiger partial charge < -0.3 is 0 Å². The van der Waals surface area contributed by atoms with Crippen molar-refractivity contribution in [3.8, 4) is 0 Å². The minimum atomic E-state index is -0.921. The molecular formula is C14H12ClF3N2. The number of benzene rings is 2. The lowest BCUT2D eigenvalue weighted by Crippen LogP contribution is -2.29. The maximum absolute atomic E-state index is 13.2. The van der Waals surface area contributed by atoms with Gasteiger partial charge in [0.05, 0.1) is 11.1 Å². The number of nitrogens with one attached hydrogen (secondary N) is 1. The SMILES string of the molecule is NNC(Cc1ccc(F)c(F)c1)c1ccc(F)c(Cl)c1. The molecule has 2 aromatic carbocycles. The molecule has 20 heavy (non-hydrogen) atoms. The van der Waals surface area contributed by atoms with Gasteiger partial charge in [-0.2, -0.15) is 0 Å². The van der Waals surface area contributed by atoms with Crippen molar-refractivity contribution in [2.24, 2.45) is 5.84 Å². The maximum atomic E-state index is 13.2. The Bertz CT molecular complexity index is 619. The summed E-state index contributed by atoms with van der Waals surface area (Å²) >= 11 is 5.71. The Kier molecular flexibility index (Phi) is 4.65. The highest BCUT2D eigenvalue weighted by atomic mass is 35.5. The van der Waals surface area contributed by atoms with E-state index in [9.17, 15) is 13.2 Å². The zero-order chi connectivity index (χ0) is 14.7. The van der Waals surface area contributed by atoms with Crippen LogP contribution in [0.5, 0.6) is 0 Å². The summed E-state index contributed by atoms with van der Waals surface area (Å²) in [5.41, 5.74) is 3.77. The van der Waals surface area contributed by atoms with Gasteiger partial charge in [0.15, 0.2) is 11.6 Å². The van der Waals surface area contributed by atoms with E-state index in [1.807, 2.05) is 0 Å². The fourth-order valence-electron chi connectivity index (χ4n) is 1.90. The zero-order valence-electron chi connectivity index (χ0n) is 10.3. The largest absolute Gasteiger partial charge is 0.271 e. The summed E-state index contributed by atoms with van der Waals surface area (Å²) in [6, 6.07) is 7.44. The molecule has 3 N–H and O–H groups in total. The van der Waals surface area contributed by atoms with Crippen LogP contribution in [-0.4, -0.2) is 0 Å². The number of rotatable bonds is 4. The minimum absolute atomic E-state index is 0.0203. The van der Waals surface area contributed by atoms with Gasteiger partial charge in [-0.05, 0) is 41.8 Å². The van der Waals surface area contributed by atoms with Gasteiger partial charge in [-0.3, -0.25) is 11.3 Å². The molecule has 2 nitrogen and oxygen atoms in total. The Morgan fingerprint density at radius 2 is 1.70 bits per heavy atom. The van der Waals surface area contributed by atoms with Gasteiger partial charge in [0.25, 0.3) is 0 Å². The lowest BCUT2D eigenvalue weighted by atomic mass is 9.99. The molecule has 0 heterocycles. The first-order valence-electron chi connectivity index (χ1n) is 5.86. The molecule has 0 bridgehead atoms. The molecular weight excluding hydrogens is 289 g/mol. The summed E-state index contributed by atoms with van der Waals surface area (Å²) in [5.74, 6) is 3.10. The minimum Gasteiger partial charge on any atom is -0.271 e. The van der Waals surface area contributed by atoms with Gasteiger partial charge in [0.1, 0.15) is 5.82 Å². The molecule has 6 heteroatoms. The van der Waals surface area contributed by atoms with E-state index in [1.165, 1.54) is 24.3 Å². The van der Waals surface area contributed by atoms with Crippen LogP contribution < -0.4 is 11.3 Å². The van der Waals surface area contributed by atoms with Crippen LogP contribution in [0.2, 0.25) is 5.02 Å². The van der Waals surface area contributed by atoms with Crippen LogP contribution in [0.1, 0.15) is 17.2 Å². The van der Waals surface area contributed by atoms with Gasteiger partial charge in [-0.1, -0.05) is 23.7 Å². The number of hydrazine groups is 1. The highest BCUT2D eigenvalue weighted by Gasteiger charge is 2.14. The van der Waals surface area contributed by atoms with Crippen molar-refractivity contribution in [1.82, 2.24) is 5.43 Å². The molecule has 0 amide bonds. The third-order valence-corrected chi connectivity index (χ3v) is 3.26. The second-order valence-corrected chi connectivity index (χ2v) is 4.75. The van der Waals surface area contributed by atoms with Crippen LogP contribution in [0.4, 0.5) is 13.2 Å². The van der Waals surface area contributed by atoms with Crippen molar-refractivity contribution in [3.63, 3.8) is 0 Å². The third-order valence-electron chi connectivity index (χ3n) is 2.97. The first kappa shape index (κ1) is 14.8. The summed E-state index contributed by atoms with van der Waals surface area (Å²) in [6.07, 6.45) is 0.315. The van der Waals surface area contributed by atoms with Crippen LogP contribution in [0.3, 0.4) is 0 Å². The third kappa shape index (κ3) is 3.30. The van der Waals surface area contributed by atoms with Crippen molar-refractivity contribution in [3.05, 3.63) is 70.0 Å². The van der Waals surface area contributed by atoms with E-state index < -0.39 is 23.5 Å². The first-order chi connectivity index (χ1) is 9.51. The van der Waals surface area contributed by atoms with Gasteiger partial charge in [0.2, 0.25) is 0 Å². The van der Waals surface area contributed by atoms with Crippen LogP contribution in [0.15, 0.2) is 36.4 Å². The summed E-state index contributed by atoms with van der Waals surface area (Å²) < 4.78 is 39.1. The highest BCUT2D eigenvalue weighted by Crippen LogP contribution is 2.23. The average molecular weight is 301 g/mol. The number of halogens is 4. The fourth-order valence-corrected chi connectivity index (χ4v) is 2.09. The van der Waals surface area contributed by atoms with E-state index in [4.69, 9.17) is 17.4 Å². The predicted octanol–water partition coefficient (Wildman–Crippen LogP) is 3.50. The van der Waals surface area contributed by atoms with Crippen molar-refractivity contribution >= 4 is 11.6 Å². The molecule has 0 aliphatic carbocycles. The van der Waals surface area contributed by atoms with E-state index in [0.717, 1.165) is 12.1 Å². The Hall–Kier alpha value is -1.56. The van der Waals surface area contributed by atoms with E-state index >= 15 is 0 Å². The quantitative estimate of drug-likeness (QED) is 0.670. The van der Waals surface area contributed by atoms with E-state index in [0.29, 0.717) is 17.5 Å². The molecule has 1 unspecified atom stereocenters. The smallest absolute Gasteiger partial charge is 0.159 e. The maximum Gasteiger partial charge on any atom is 0.159 e. The normalized spacial score (nSPS) is 12.4. The van der Waals surface area contributed by atoms with Gasteiger partial charge in [0, 0.05) is 0 Å². The predicted molar refractivity (Wildman–Crippen MR) is 71.5 cm³/mol. The Morgan fingerprint density at radius 3 is 2.30 bits per heavy atom. The summed E-state index contributed by atoms with van der Waals surface area (Å²) in [5, 5.41) is -0.0203. The highest BCUT2D eigenvalue weighted by molar-refractivity contribution is 6.30. The monoisotopic (exact) mass is 300 g/mol. The number of nitrogens with two attached hydrogens (primary N) is 1. The molecule has 2 rings (SSSR count). The number of hydrogen-bond donors (Lipinski definition) is 2. The molecule has 106 valence electrons. The molecule has 0 saturated carbocycles. The lowest BCUT2D eigenvalue weighted by molar-refractivity contribution is 0.502. The molecule has 0 aromatic heterocycles. The molecule has 2 aromatic rings. The Morgan fingerprint density at radius 1 is 1.00 bits per heavy atom. The van der Waals surface area contributed by atoms with Crippen LogP contribution in [-0.2, 0) is 6.42 Å². The van der Waals surface area contributed by atoms with Crippen molar-refractivity contribution in [2.45, 2.75) is 12.5 Å². The van der Waals surface area contributed by atoms with Gasteiger partial charge >= 0.3 is 0 Å². The van der Waals surface area contributed by atoms with Crippen LogP contribution in [0, 0.1) is 17.5 Å². The molecule has 0 aliphatic heterocycles. The van der Waals surface area contributed by atoms with Gasteiger partial charge in [-0.15, -0.1) is 0 Å². The molecule has 1 atom stereocenters. The van der Waals surface area contributed by atoms with Crippen molar-refractivity contribution in [2.75, 3.05) is 0 Å². The Balaban J connectivity index is 2.23. The molecule has 0 spiro atoms. The molecule has 0 radical (unpaired) electrons. The van der Waals surface area contributed by atoms with E-state index in [2.05, 4.69) is 5.43 Å². The molecule has 0 aliphatic rings. The molecule has 0 fully saturated rings. The lowest BCUT2D eigenvalue weighted by Gasteiger charge is -2.17. The second kappa shape index (κ2) is 6.26. The van der Waals surface area contributed by atoms with Gasteiger partial charge in [-0.25, -0.2) is 13.2 Å². The summed E-state index contributed by atoms with van der Waals surface area (Å²) in [7, 11) is 0. The zero-order valence-corrected chi connectivity index (χ0v) is 11.1. The van der Waals surface area contributed by atoms with E-state index in [1.54, 1.807) is 0 Å². The van der Waals surface area contributed by atoms with Crippen LogP contribution in [0.25, 0.3) is 0 Å². The first-order valence-corrected chi connectivity index (χ1v) is 6.24. The van der Waals surface area contributed by atoms with Crippen LogP contribution >= 0.6 is 11.6 Å². The number of hydrogen-bond acceptors (Lipinski definition) is 2.